The molecule has 1 saturated heterocycles. The Morgan fingerprint density at radius 3 is 2.72 bits per heavy atom. The molecule has 0 aliphatic carbocycles. The number of aromatic nitrogens is 2. The lowest BCUT2D eigenvalue weighted by molar-refractivity contribution is 0.283. The second-order valence-corrected chi connectivity index (χ2v) is 7.63. The average molecular weight is 288 g/mol. The quantitative estimate of drug-likeness (QED) is 0.803. The molecule has 0 N–H and O–H groups in total. The van der Waals surface area contributed by atoms with Crippen molar-refractivity contribution >= 4 is 28.1 Å². The molecule has 6 nitrogen and oxygen atoms in total. The van der Waals surface area contributed by atoms with E-state index in [4.69, 9.17) is 0 Å². The number of sulfonamides is 1. The van der Waals surface area contributed by atoms with Crippen LogP contribution in [0.5, 0.6) is 0 Å². The van der Waals surface area contributed by atoms with E-state index < -0.39 is 20.9 Å². The van der Waals surface area contributed by atoms with Gasteiger partial charge >= 0.3 is 0 Å². The van der Waals surface area contributed by atoms with E-state index in [1.807, 2.05) is 0 Å². The van der Waals surface area contributed by atoms with Crippen LogP contribution in [0, 0.1) is 0 Å². The zero-order valence-corrected chi connectivity index (χ0v) is 12.0. The highest BCUT2D eigenvalue weighted by Gasteiger charge is 2.48. The van der Waals surface area contributed by atoms with Gasteiger partial charge in [0.2, 0.25) is 16.3 Å². The molecule has 2 heterocycles. The van der Waals surface area contributed by atoms with E-state index in [9.17, 15) is 13.2 Å². The predicted molar refractivity (Wildman–Crippen MR) is 68.3 cm³/mol. The third kappa shape index (κ3) is 2.08. The molecule has 0 aromatic carbocycles. The fourth-order valence-corrected chi connectivity index (χ4v) is 5.41. The monoisotopic (exact) mass is 288 g/mol. The maximum absolute atomic E-state index is 12.5. The van der Waals surface area contributed by atoms with Crippen molar-refractivity contribution in [3.63, 3.8) is 0 Å². The van der Waals surface area contributed by atoms with Crippen molar-refractivity contribution in [2.45, 2.75) is 29.7 Å². The summed E-state index contributed by atoms with van der Waals surface area (Å²) < 4.78 is 27.7. The van der Waals surface area contributed by atoms with Crippen LogP contribution >= 0.6 is 11.8 Å². The van der Waals surface area contributed by atoms with Crippen molar-refractivity contribution in [1.29, 1.82) is 0 Å². The molecular weight excluding hydrogens is 274 g/mol. The smallest absolute Gasteiger partial charge is 0.248 e. The molecule has 0 amide bonds. The first-order valence-electron chi connectivity index (χ1n) is 5.31. The molecule has 1 aliphatic rings. The number of thioether (sulfide) groups is 1. The second-order valence-electron chi connectivity index (χ2n) is 4.74. The topological polar surface area (TPSA) is 72.3 Å². The summed E-state index contributed by atoms with van der Waals surface area (Å²) in [5.41, 5.74) is -0.610. The van der Waals surface area contributed by atoms with Crippen LogP contribution in [-0.4, -0.2) is 45.5 Å². The van der Waals surface area contributed by atoms with E-state index in [0.29, 0.717) is 5.75 Å². The summed E-state index contributed by atoms with van der Waals surface area (Å²) in [6.07, 6.45) is 4.50. The lowest BCUT2D eigenvalue weighted by Crippen LogP contribution is -2.48. The van der Waals surface area contributed by atoms with Gasteiger partial charge in [-0.05, 0) is 13.8 Å². The first-order valence-corrected chi connectivity index (χ1v) is 7.80. The van der Waals surface area contributed by atoms with E-state index in [1.165, 1.54) is 33.1 Å². The first-order chi connectivity index (χ1) is 8.29. The highest BCUT2D eigenvalue weighted by Crippen LogP contribution is 2.39. The van der Waals surface area contributed by atoms with Crippen LogP contribution in [0.2, 0.25) is 0 Å². The lowest BCUT2D eigenvalue weighted by atomic mass is 10.1. The Bertz CT molecular complexity index is 565. The van der Waals surface area contributed by atoms with Crippen LogP contribution in [-0.2, 0) is 21.9 Å². The third-order valence-electron chi connectivity index (χ3n) is 2.74. The molecule has 99 valence electrons. The van der Waals surface area contributed by atoms with Gasteiger partial charge in [-0.25, -0.2) is 8.42 Å². The van der Waals surface area contributed by atoms with Gasteiger partial charge in [-0.3, -0.25) is 9.48 Å². The van der Waals surface area contributed by atoms with Crippen LogP contribution in [0.4, 0.5) is 0 Å². The van der Waals surface area contributed by atoms with Gasteiger partial charge < -0.3 is 0 Å². The minimum Gasteiger partial charge on any atom is -0.288 e. The Labute approximate surface area is 110 Å². The Balaban J connectivity index is 2.48. The van der Waals surface area contributed by atoms with Gasteiger partial charge in [-0.1, -0.05) is 0 Å². The molecule has 1 aromatic rings. The number of carbonyl (C=O) groups excluding carboxylic acids is 1. The number of aryl methyl sites for hydroxylation is 1. The van der Waals surface area contributed by atoms with Gasteiger partial charge in [0.25, 0.3) is 0 Å². The van der Waals surface area contributed by atoms with E-state index >= 15 is 0 Å². The minimum atomic E-state index is -3.72. The molecule has 0 unspecified atom stereocenters. The van der Waals surface area contributed by atoms with Crippen LogP contribution < -0.4 is 0 Å². The van der Waals surface area contributed by atoms with E-state index in [1.54, 1.807) is 27.2 Å². The summed E-state index contributed by atoms with van der Waals surface area (Å²) in [7, 11) is -2.08. The number of hydrogen-bond acceptors (Lipinski definition) is 5. The molecular formula is C10H14N3O3S2. The van der Waals surface area contributed by atoms with Crippen molar-refractivity contribution in [3.05, 3.63) is 12.4 Å². The van der Waals surface area contributed by atoms with Gasteiger partial charge in [-0.2, -0.15) is 9.40 Å². The third-order valence-corrected chi connectivity index (χ3v) is 6.40. The molecule has 0 bridgehead atoms. The number of nitrogens with zero attached hydrogens (tertiary/aromatic N) is 3. The fraction of sp³-hybridized carbons (Fsp3) is 0.600. The summed E-state index contributed by atoms with van der Waals surface area (Å²) in [6, 6.07) is 0. The first kappa shape index (κ1) is 13.6. The summed E-state index contributed by atoms with van der Waals surface area (Å²) in [5, 5.41) is 3.07. The molecule has 0 saturated carbocycles. The minimum absolute atomic E-state index is 0.0980. The average Bonchev–Trinajstić information content (AvgIpc) is 2.82. The van der Waals surface area contributed by atoms with Gasteiger partial charge in [0.1, 0.15) is 10.3 Å². The van der Waals surface area contributed by atoms with Crippen LogP contribution in [0.3, 0.4) is 0 Å². The maximum atomic E-state index is 12.5. The van der Waals surface area contributed by atoms with Gasteiger partial charge in [0.05, 0.1) is 6.20 Å². The van der Waals surface area contributed by atoms with E-state index in [-0.39, 0.29) is 4.90 Å². The maximum Gasteiger partial charge on any atom is 0.248 e. The van der Waals surface area contributed by atoms with Crippen molar-refractivity contribution in [2.75, 3.05) is 5.75 Å². The molecule has 8 heteroatoms. The molecule has 1 aliphatic heterocycles. The number of hydrogen-bond donors (Lipinski definition) is 0. The second kappa shape index (κ2) is 4.36. The van der Waals surface area contributed by atoms with Crippen molar-refractivity contribution in [3.8, 4) is 0 Å². The van der Waals surface area contributed by atoms with Gasteiger partial charge in [0, 0.05) is 24.5 Å². The largest absolute Gasteiger partial charge is 0.288 e. The molecule has 1 radical (unpaired) electrons. The summed E-state index contributed by atoms with van der Waals surface area (Å²) in [4.78, 5) is 11.0. The Morgan fingerprint density at radius 2 is 2.22 bits per heavy atom. The molecule has 1 atom stereocenters. The Hall–Kier alpha value is -0.860. The van der Waals surface area contributed by atoms with E-state index in [2.05, 4.69) is 5.10 Å². The molecule has 1 aromatic heterocycles. The SMILES string of the molecule is Cn1cc(S(=O)(=O)N2[C@H]([C]=O)SCC2(C)C)cn1. The zero-order valence-electron chi connectivity index (χ0n) is 10.3. The van der Waals surface area contributed by atoms with Crippen molar-refractivity contribution in [2.24, 2.45) is 7.05 Å². The molecule has 1 fully saturated rings. The van der Waals surface area contributed by atoms with Crippen molar-refractivity contribution in [1.82, 2.24) is 14.1 Å². The van der Waals surface area contributed by atoms with Gasteiger partial charge in [-0.15, -0.1) is 11.8 Å². The Kier molecular flexibility index (Phi) is 3.28. The standard InChI is InChI=1S/C10H14N3O3S2/c1-10(2)7-17-9(6-14)13(10)18(15,16)8-4-11-12(3)5-8/h4-5,9H,7H2,1-3H3/t9-/m0/s1. The van der Waals surface area contributed by atoms with Crippen LogP contribution in [0.25, 0.3) is 0 Å². The summed E-state index contributed by atoms with van der Waals surface area (Å²) in [6.45, 7) is 3.59. The lowest BCUT2D eigenvalue weighted by Gasteiger charge is -2.30. The molecule has 2 rings (SSSR count). The predicted octanol–water partition coefficient (Wildman–Crippen LogP) is 0.372. The highest BCUT2D eigenvalue weighted by molar-refractivity contribution is 8.02. The fourth-order valence-electron chi connectivity index (χ4n) is 1.91. The number of rotatable bonds is 3. The van der Waals surface area contributed by atoms with E-state index in [0.717, 1.165) is 0 Å². The zero-order chi connectivity index (χ0) is 13.6. The summed E-state index contributed by atoms with van der Waals surface area (Å²) >= 11 is 1.28. The summed E-state index contributed by atoms with van der Waals surface area (Å²) in [5.74, 6) is 0.562. The van der Waals surface area contributed by atoms with Gasteiger partial charge in [0.15, 0.2) is 0 Å². The van der Waals surface area contributed by atoms with Crippen LogP contribution in [0.1, 0.15) is 13.8 Å². The molecule has 0 spiro atoms. The van der Waals surface area contributed by atoms with Crippen molar-refractivity contribution < 1.29 is 13.2 Å². The van der Waals surface area contributed by atoms with Crippen LogP contribution in [0.15, 0.2) is 17.3 Å². The normalized spacial score (nSPS) is 24.3. The Morgan fingerprint density at radius 1 is 1.56 bits per heavy atom. The highest BCUT2D eigenvalue weighted by atomic mass is 32.2. The molecule has 18 heavy (non-hydrogen) atoms.